The summed E-state index contributed by atoms with van der Waals surface area (Å²) in [6.45, 7) is 5.17. The fraction of sp³-hybridized carbons (Fsp3) is 0.227. The van der Waals surface area contributed by atoms with Gasteiger partial charge in [0.15, 0.2) is 11.5 Å². The van der Waals surface area contributed by atoms with Gasteiger partial charge in [-0.1, -0.05) is 25.1 Å². The lowest BCUT2D eigenvalue weighted by Gasteiger charge is -2.19. The maximum absolute atomic E-state index is 12.5. The van der Waals surface area contributed by atoms with Crippen LogP contribution in [-0.2, 0) is 6.42 Å². The Labute approximate surface area is 169 Å². The molecule has 1 aliphatic rings. The molecule has 0 spiro atoms. The van der Waals surface area contributed by atoms with E-state index in [-0.39, 0.29) is 11.6 Å². The zero-order chi connectivity index (χ0) is 20.2. The minimum atomic E-state index is -0.342. The summed E-state index contributed by atoms with van der Waals surface area (Å²) < 4.78 is 11.0. The van der Waals surface area contributed by atoms with Crippen molar-refractivity contribution in [3.63, 3.8) is 0 Å². The number of fused-ring (bicyclic) bond motifs is 1. The molecule has 1 aliphatic heterocycles. The highest BCUT2D eigenvalue weighted by molar-refractivity contribution is 6.02. The molecule has 1 aromatic heterocycles. The maximum atomic E-state index is 12.5. The Morgan fingerprint density at radius 1 is 1.07 bits per heavy atom. The van der Waals surface area contributed by atoms with Crippen molar-refractivity contribution in [2.45, 2.75) is 20.3 Å². The Kier molecular flexibility index (Phi) is 5.29. The number of benzene rings is 2. The molecule has 1 amide bonds. The Morgan fingerprint density at radius 3 is 2.66 bits per heavy atom. The molecule has 0 aliphatic carbocycles. The number of para-hydroxylation sites is 1. The van der Waals surface area contributed by atoms with Crippen molar-refractivity contribution in [2.24, 2.45) is 0 Å². The standard InChI is InChI=1S/C22H22N4O3/c1-3-15-6-4-5-14(2)21(15)26-20-13-23-17(12-24-20)22(27)25-16-7-8-18-19(11-16)29-10-9-28-18/h4-8,11-13H,3,9-10H2,1-2H3,(H,24,26)(H,25,27). The molecule has 0 unspecified atom stereocenters. The molecule has 0 bridgehead atoms. The zero-order valence-corrected chi connectivity index (χ0v) is 16.4. The molecular formula is C22H22N4O3. The molecule has 4 rings (SSSR count). The highest BCUT2D eigenvalue weighted by atomic mass is 16.6. The molecule has 0 radical (unpaired) electrons. The monoisotopic (exact) mass is 390 g/mol. The smallest absolute Gasteiger partial charge is 0.275 e. The molecule has 3 aromatic rings. The SMILES string of the molecule is CCc1cccc(C)c1Nc1cnc(C(=O)Nc2ccc3c(c2)OCCO3)cn1. The van der Waals surface area contributed by atoms with Crippen molar-refractivity contribution in [1.82, 2.24) is 9.97 Å². The number of aryl methyl sites for hydroxylation is 2. The van der Waals surface area contributed by atoms with Gasteiger partial charge in [-0.25, -0.2) is 9.97 Å². The van der Waals surface area contributed by atoms with Crippen molar-refractivity contribution in [1.29, 1.82) is 0 Å². The van der Waals surface area contributed by atoms with Crippen molar-refractivity contribution >= 4 is 23.1 Å². The molecule has 29 heavy (non-hydrogen) atoms. The van der Waals surface area contributed by atoms with Crippen LogP contribution >= 0.6 is 0 Å². The number of rotatable bonds is 5. The first kappa shape index (κ1) is 18.7. The number of carbonyl (C=O) groups is 1. The molecule has 0 saturated carbocycles. The summed E-state index contributed by atoms with van der Waals surface area (Å²) in [6.07, 6.45) is 3.93. The van der Waals surface area contributed by atoms with Crippen LogP contribution in [0.4, 0.5) is 17.2 Å². The molecule has 0 fully saturated rings. The van der Waals surface area contributed by atoms with Crippen LogP contribution in [0.2, 0.25) is 0 Å². The summed E-state index contributed by atoms with van der Waals surface area (Å²) in [4.78, 5) is 21.1. The lowest BCUT2D eigenvalue weighted by atomic mass is 10.1. The quantitative estimate of drug-likeness (QED) is 0.682. The van der Waals surface area contributed by atoms with E-state index in [0.717, 1.165) is 17.7 Å². The minimum absolute atomic E-state index is 0.228. The van der Waals surface area contributed by atoms with E-state index >= 15 is 0 Å². The number of hydrogen-bond acceptors (Lipinski definition) is 6. The Hall–Kier alpha value is -3.61. The molecule has 2 heterocycles. The zero-order valence-electron chi connectivity index (χ0n) is 16.4. The molecular weight excluding hydrogens is 368 g/mol. The van der Waals surface area contributed by atoms with Gasteiger partial charge in [0.25, 0.3) is 5.91 Å². The van der Waals surface area contributed by atoms with Crippen LogP contribution in [0.5, 0.6) is 11.5 Å². The van der Waals surface area contributed by atoms with E-state index in [1.54, 1.807) is 24.4 Å². The van der Waals surface area contributed by atoms with E-state index in [0.29, 0.717) is 36.2 Å². The lowest BCUT2D eigenvalue weighted by molar-refractivity contribution is 0.102. The largest absolute Gasteiger partial charge is 0.486 e. The number of aromatic nitrogens is 2. The first-order chi connectivity index (χ1) is 14.1. The molecule has 7 nitrogen and oxygen atoms in total. The number of anilines is 3. The second-order valence-electron chi connectivity index (χ2n) is 6.69. The summed E-state index contributed by atoms with van der Waals surface area (Å²) in [7, 11) is 0. The highest BCUT2D eigenvalue weighted by Crippen LogP contribution is 2.32. The first-order valence-electron chi connectivity index (χ1n) is 9.52. The fourth-order valence-electron chi connectivity index (χ4n) is 3.16. The molecule has 7 heteroatoms. The molecule has 0 saturated heterocycles. The Morgan fingerprint density at radius 2 is 1.90 bits per heavy atom. The average molecular weight is 390 g/mol. The van der Waals surface area contributed by atoms with Gasteiger partial charge in [-0.2, -0.15) is 0 Å². The van der Waals surface area contributed by atoms with E-state index < -0.39 is 0 Å². The third kappa shape index (κ3) is 4.13. The molecule has 2 N–H and O–H groups in total. The van der Waals surface area contributed by atoms with Crippen molar-refractivity contribution in [2.75, 3.05) is 23.8 Å². The number of nitrogens with one attached hydrogen (secondary N) is 2. The summed E-state index contributed by atoms with van der Waals surface area (Å²) in [5, 5.41) is 6.11. The van der Waals surface area contributed by atoms with E-state index in [1.165, 1.54) is 11.8 Å². The number of carbonyl (C=O) groups excluding carboxylic acids is 1. The van der Waals surface area contributed by atoms with Crippen molar-refractivity contribution in [3.8, 4) is 11.5 Å². The number of nitrogens with zero attached hydrogens (tertiary/aromatic N) is 2. The van der Waals surface area contributed by atoms with E-state index in [9.17, 15) is 4.79 Å². The summed E-state index contributed by atoms with van der Waals surface area (Å²) >= 11 is 0. The maximum Gasteiger partial charge on any atom is 0.275 e. The number of ether oxygens (including phenoxy) is 2. The summed E-state index contributed by atoms with van der Waals surface area (Å²) in [5.74, 6) is 1.53. The second-order valence-corrected chi connectivity index (χ2v) is 6.69. The second kappa shape index (κ2) is 8.18. The number of hydrogen-bond donors (Lipinski definition) is 2. The van der Waals surface area contributed by atoms with Crippen LogP contribution in [0.25, 0.3) is 0 Å². The Bertz CT molecular complexity index is 1030. The van der Waals surface area contributed by atoms with Gasteiger partial charge in [0.1, 0.15) is 24.7 Å². The van der Waals surface area contributed by atoms with Gasteiger partial charge in [0.2, 0.25) is 0 Å². The summed E-state index contributed by atoms with van der Waals surface area (Å²) in [6, 6.07) is 11.4. The predicted molar refractivity (Wildman–Crippen MR) is 111 cm³/mol. The van der Waals surface area contributed by atoms with E-state index in [2.05, 4.69) is 33.6 Å². The van der Waals surface area contributed by atoms with Crippen LogP contribution in [-0.4, -0.2) is 29.1 Å². The lowest BCUT2D eigenvalue weighted by Crippen LogP contribution is -2.17. The van der Waals surface area contributed by atoms with Crippen LogP contribution in [0.1, 0.15) is 28.5 Å². The summed E-state index contributed by atoms with van der Waals surface area (Å²) in [5.41, 5.74) is 4.19. The van der Waals surface area contributed by atoms with Crippen LogP contribution in [0.3, 0.4) is 0 Å². The van der Waals surface area contributed by atoms with Crippen LogP contribution in [0.15, 0.2) is 48.8 Å². The van der Waals surface area contributed by atoms with Gasteiger partial charge in [-0.05, 0) is 36.6 Å². The number of amides is 1. The van der Waals surface area contributed by atoms with Crippen molar-refractivity contribution < 1.29 is 14.3 Å². The van der Waals surface area contributed by atoms with Crippen molar-refractivity contribution in [3.05, 3.63) is 65.6 Å². The fourth-order valence-corrected chi connectivity index (χ4v) is 3.16. The first-order valence-corrected chi connectivity index (χ1v) is 9.52. The third-order valence-corrected chi connectivity index (χ3v) is 4.68. The third-order valence-electron chi connectivity index (χ3n) is 4.68. The van der Waals surface area contributed by atoms with Gasteiger partial charge in [0.05, 0.1) is 12.4 Å². The van der Waals surface area contributed by atoms with Gasteiger partial charge >= 0.3 is 0 Å². The van der Waals surface area contributed by atoms with Gasteiger partial charge in [-0.3, -0.25) is 4.79 Å². The van der Waals surface area contributed by atoms with Crippen LogP contribution in [0, 0.1) is 6.92 Å². The van der Waals surface area contributed by atoms with Gasteiger partial charge < -0.3 is 20.1 Å². The van der Waals surface area contributed by atoms with Gasteiger partial charge in [-0.15, -0.1) is 0 Å². The van der Waals surface area contributed by atoms with Crippen LogP contribution < -0.4 is 20.1 Å². The molecule has 2 aromatic carbocycles. The van der Waals surface area contributed by atoms with E-state index in [1.807, 2.05) is 19.1 Å². The normalized spacial score (nSPS) is 12.3. The Balaban J connectivity index is 1.46. The highest BCUT2D eigenvalue weighted by Gasteiger charge is 2.14. The van der Waals surface area contributed by atoms with E-state index in [4.69, 9.17) is 9.47 Å². The minimum Gasteiger partial charge on any atom is -0.486 e. The average Bonchev–Trinajstić information content (AvgIpc) is 2.75. The molecule has 0 atom stereocenters. The molecule has 148 valence electrons. The topological polar surface area (TPSA) is 85.4 Å². The van der Waals surface area contributed by atoms with Gasteiger partial charge in [0, 0.05) is 17.4 Å². The predicted octanol–water partition coefficient (Wildman–Crippen LogP) is 4.11.